The van der Waals surface area contributed by atoms with E-state index in [1.807, 2.05) is 24.3 Å². The van der Waals surface area contributed by atoms with Crippen LogP contribution in [0.1, 0.15) is 12.0 Å². The van der Waals surface area contributed by atoms with Crippen molar-refractivity contribution in [1.82, 2.24) is 0 Å². The summed E-state index contributed by atoms with van der Waals surface area (Å²) in [7, 11) is 0. The van der Waals surface area contributed by atoms with Crippen molar-refractivity contribution in [2.45, 2.75) is 18.4 Å². The molecule has 0 bridgehead atoms. The summed E-state index contributed by atoms with van der Waals surface area (Å²) >= 11 is 0. The van der Waals surface area contributed by atoms with Gasteiger partial charge in [-0.15, -0.1) is 0 Å². The molecule has 4 nitrogen and oxygen atoms in total. The highest BCUT2D eigenvalue weighted by Crippen LogP contribution is 2.25. The monoisotopic (exact) mass is 337 g/mol. The van der Waals surface area contributed by atoms with E-state index in [1.54, 1.807) is 6.26 Å². The number of rotatable bonds is 7. The van der Waals surface area contributed by atoms with E-state index < -0.39 is 5.54 Å². The van der Waals surface area contributed by atoms with Gasteiger partial charge in [-0.3, -0.25) is 0 Å². The van der Waals surface area contributed by atoms with Crippen LogP contribution in [-0.2, 0) is 6.42 Å². The number of aliphatic hydroxyl groups excluding tert-OH is 2. The summed E-state index contributed by atoms with van der Waals surface area (Å²) in [6, 6.07) is 20.4. The van der Waals surface area contributed by atoms with Crippen molar-refractivity contribution in [3.8, 4) is 22.5 Å². The standard InChI is InChI=1S/C21H23NO3/c22-21(14-23,15-24)12-11-16-3-5-17(6-4-16)18-7-9-19(10-8-18)20-2-1-13-25-20/h1-10,13,23-24H,11-12,14-15,22H2. The Labute approximate surface area is 147 Å². The second-order valence-corrected chi connectivity index (χ2v) is 6.43. The van der Waals surface area contributed by atoms with Gasteiger partial charge in [0.25, 0.3) is 0 Å². The Morgan fingerprint density at radius 2 is 1.36 bits per heavy atom. The highest BCUT2D eigenvalue weighted by molar-refractivity contribution is 5.68. The van der Waals surface area contributed by atoms with Crippen LogP contribution >= 0.6 is 0 Å². The van der Waals surface area contributed by atoms with Crippen molar-refractivity contribution in [1.29, 1.82) is 0 Å². The first-order chi connectivity index (χ1) is 12.1. The zero-order valence-electron chi connectivity index (χ0n) is 14.1. The highest BCUT2D eigenvalue weighted by atomic mass is 16.3. The van der Waals surface area contributed by atoms with E-state index in [4.69, 9.17) is 10.2 Å². The van der Waals surface area contributed by atoms with Gasteiger partial charge in [-0.1, -0.05) is 48.5 Å². The molecule has 1 aromatic heterocycles. The first-order valence-electron chi connectivity index (χ1n) is 8.37. The van der Waals surface area contributed by atoms with Crippen molar-refractivity contribution >= 4 is 0 Å². The van der Waals surface area contributed by atoms with Crippen molar-refractivity contribution in [3.63, 3.8) is 0 Å². The number of aliphatic hydroxyl groups is 2. The first-order valence-corrected chi connectivity index (χ1v) is 8.37. The van der Waals surface area contributed by atoms with E-state index in [-0.39, 0.29) is 13.2 Å². The molecule has 2 aromatic carbocycles. The average Bonchev–Trinajstić information content (AvgIpc) is 3.21. The summed E-state index contributed by atoms with van der Waals surface area (Å²) < 4.78 is 5.41. The first kappa shape index (κ1) is 17.4. The minimum absolute atomic E-state index is 0.219. The second-order valence-electron chi connectivity index (χ2n) is 6.43. The molecule has 0 atom stereocenters. The lowest BCUT2D eigenvalue weighted by atomic mass is 9.93. The third kappa shape index (κ3) is 4.17. The molecule has 0 spiro atoms. The molecular formula is C21H23NO3. The summed E-state index contributed by atoms with van der Waals surface area (Å²) in [6.07, 6.45) is 2.93. The van der Waals surface area contributed by atoms with Crippen LogP contribution in [0, 0.1) is 0 Å². The Morgan fingerprint density at radius 3 is 1.88 bits per heavy atom. The van der Waals surface area contributed by atoms with E-state index in [0.29, 0.717) is 6.42 Å². The van der Waals surface area contributed by atoms with Crippen molar-refractivity contribution in [3.05, 3.63) is 72.5 Å². The van der Waals surface area contributed by atoms with Crippen molar-refractivity contribution in [2.75, 3.05) is 13.2 Å². The van der Waals surface area contributed by atoms with Gasteiger partial charge in [-0.2, -0.15) is 0 Å². The third-order valence-electron chi connectivity index (χ3n) is 4.52. The van der Waals surface area contributed by atoms with Crippen LogP contribution in [0.4, 0.5) is 0 Å². The van der Waals surface area contributed by atoms with E-state index in [2.05, 4.69) is 36.4 Å². The Bertz CT molecular complexity index is 773. The van der Waals surface area contributed by atoms with Crippen LogP contribution in [-0.4, -0.2) is 29.0 Å². The number of hydrogen-bond acceptors (Lipinski definition) is 4. The van der Waals surface area contributed by atoms with E-state index in [0.717, 1.165) is 34.4 Å². The molecule has 0 radical (unpaired) electrons. The maximum absolute atomic E-state index is 9.26. The zero-order chi connectivity index (χ0) is 17.7. The molecule has 0 aliphatic rings. The molecule has 3 aromatic rings. The lowest BCUT2D eigenvalue weighted by Crippen LogP contribution is -2.47. The molecule has 1 heterocycles. The van der Waals surface area contributed by atoms with Crippen LogP contribution < -0.4 is 5.73 Å². The van der Waals surface area contributed by atoms with E-state index in [9.17, 15) is 10.2 Å². The summed E-state index contributed by atoms with van der Waals surface area (Å²) in [5, 5.41) is 18.5. The van der Waals surface area contributed by atoms with Gasteiger partial charge in [-0.25, -0.2) is 0 Å². The Morgan fingerprint density at radius 1 is 0.800 bits per heavy atom. The Balaban J connectivity index is 1.68. The normalized spacial score (nSPS) is 11.6. The van der Waals surface area contributed by atoms with Gasteiger partial charge >= 0.3 is 0 Å². The minimum Gasteiger partial charge on any atom is -0.464 e. The molecule has 25 heavy (non-hydrogen) atoms. The fourth-order valence-electron chi connectivity index (χ4n) is 2.74. The molecule has 3 rings (SSSR count). The number of nitrogens with two attached hydrogens (primary N) is 1. The third-order valence-corrected chi connectivity index (χ3v) is 4.52. The smallest absolute Gasteiger partial charge is 0.133 e. The minimum atomic E-state index is -0.916. The fraction of sp³-hybridized carbons (Fsp3) is 0.238. The van der Waals surface area contributed by atoms with Gasteiger partial charge in [0.2, 0.25) is 0 Å². The van der Waals surface area contributed by atoms with Crippen LogP contribution in [0.25, 0.3) is 22.5 Å². The maximum atomic E-state index is 9.26. The largest absolute Gasteiger partial charge is 0.464 e. The van der Waals surface area contributed by atoms with Gasteiger partial charge in [0.1, 0.15) is 5.76 Å². The number of benzene rings is 2. The maximum Gasteiger partial charge on any atom is 0.133 e. The highest BCUT2D eigenvalue weighted by Gasteiger charge is 2.22. The lowest BCUT2D eigenvalue weighted by molar-refractivity contribution is 0.115. The zero-order valence-corrected chi connectivity index (χ0v) is 14.1. The predicted molar refractivity (Wildman–Crippen MR) is 99.0 cm³/mol. The summed E-state index contributed by atoms with van der Waals surface area (Å²) in [6.45, 7) is -0.437. The molecule has 130 valence electrons. The Hall–Kier alpha value is -2.40. The topological polar surface area (TPSA) is 79.6 Å². The Kier molecular flexibility index (Phi) is 5.34. The number of aryl methyl sites for hydroxylation is 1. The van der Waals surface area contributed by atoms with Crippen LogP contribution in [0.15, 0.2) is 71.3 Å². The van der Waals surface area contributed by atoms with Gasteiger partial charge in [0.05, 0.1) is 25.0 Å². The van der Waals surface area contributed by atoms with Crippen LogP contribution in [0.5, 0.6) is 0 Å². The quantitative estimate of drug-likeness (QED) is 0.618. The van der Waals surface area contributed by atoms with Crippen LogP contribution in [0.2, 0.25) is 0 Å². The average molecular weight is 337 g/mol. The van der Waals surface area contributed by atoms with E-state index >= 15 is 0 Å². The molecule has 0 aliphatic heterocycles. The molecule has 0 fully saturated rings. The molecule has 4 heteroatoms. The summed E-state index contributed by atoms with van der Waals surface area (Å²) in [4.78, 5) is 0. The molecule has 0 amide bonds. The predicted octanol–water partition coefficient (Wildman–Crippen LogP) is 3.23. The van der Waals surface area contributed by atoms with E-state index in [1.165, 1.54) is 0 Å². The molecular weight excluding hydrogens is 314 g/mol. The van der Waals surface area contributed by atoms with Gasteiger partial charge in [-0.05, 0) is 41.7 Å². The van der Waals surface area contributed by atoms with Crippen molar-refractivity contribution in [2.24, 2.45) is 5.73 Å². The molecule has 4 N–H and O–H groups in total. The fourth-order valence-corrected chi connectivity index (χ4v) is 2.74. The van der Waals surface area contributed by atoms with Gasteiger partial charge < -0.3 is 20.4 Å². The summed E-state index contributed by atoms with van der Waals surface area (Å²) in [5.74, 6) is 0.861. The second kappa shape index (κ2) is 7.66. The molecule has 0 saturated carbocycles. The van der Waals surface area contributed by atoms with Crippen LogP contribution in [0.3, 0.4) is 0 Å². The van der Waals surface area contributed by atoms with Gasteiger partial charge in [0.15, 0.2) is 0 Å². The number of hydrogen-bond donors (Lipinski definition) is 3. The SMILES string of the molecule is NC(CO)(CO)CCc1ccc(-c2ccc(-c3ccco3)cc2)cc1. The van der Waals surface area contributed by atoms with Crippen molar-refractivity contribution < 1.29 is 14.6 Å². The molecule has 0 saturated heterocycles. The number of furan rings is 1. The summed E-state index contributed by atoms with van der Waals surface area (Å²) in [5.41, 5.74) is 9.46. The molecule has 0 unspecified atom stereocenters. The lowest BCUT2D eigenvalue weighted by Gasteiger charge is -2.24. The molecule has 0 aliphatic carbocycles. The van der Waals surface area contributed by atoms with Gasteiger partial charge in [0, 0.05) is 5.56 Å².